The van der Waals surface area contributed by atoms with Gasteiger partial charge in [0.05, 0.1) is 0 Å². The summed E-state index contributed by atoms with van der Waals surface area (Å²) in [7, 11) is 0. The first-order valence-corrected chi connectivity index (χ1v) is 3.57. The van der Waals surface area contributed by atoms with Crippen LogP contribution in [0.15, 0.2) is 0 Å². The first kappa shape index (κ1) is 11.9. The molecule has 6 heteroatoms. The summed E-state index contributed by atoms with van der Waals surface area (Å²) in [6, 6.07) is 0. The number of carbonyl (C=O) groups excluding carboxylic acids is 2. The first-order chi connectivity index (χ1) is 5.93. The second-order valence-electron chi connectivity index (χ2n) is 2.34. The molecule has 0 amide bonds. The minimum Gasteiger partial charge on any atom is -0.446 e. The molecule has 0 aromatic rings. The zero-order valence-corrected chi connectivity index (χ0v) is 6.85. The third-order valence-electron chi connectivity index (χ3n) is 1.31. The van der Waals surface area contributed by atoms with Crippen molar-refractivity contribution in [2.24, 2.45) is 0 Å². The molecule has 0 spiro atoms. The summed E-state index contributed by atoms with van der Waals surface area (Å²) >= 11 is 0. The highest BCUT2D eigenvalue weighted by molar-refractivity contribution is 5.88. The fourth-order valence-electron chi connectivity index (χ4n) is 0.746. The molecule has 0 saturated carbocycles. The Balaban J connectivity index is 4.36. The molecule has 0 aliphatic carbocycles. The standard InChI is InChI=1S/C7H8F3O3/c1-2-3-5(13-4-11)6(12)7(8,9)10/h5H,2-3H2,1H3. The quantitative estimate of drug-likeness (QED) is 0.668. The molecule has 1 radical (unpaired) electrons. The van der Waals surface area contributed by atoms with E-state index < -0.39 is 18.1 Å². The van der Waals surface area contributed by atoms with E-state index in [-0.39, 0.29) is 6.42 Å². The third-order valence-corrected chi connectivity index (χ3v) is 1.31. The molecule has 0 rings (SSSR count). The van der Waals surface area contributed by atoms with E-state index in [1.165, 1.54) is 0 Å². The molecule has 0 aromatic heterocycles. The summed E-state index contributed by atoms with van der Waals surface area (Å²) < 4.78 is 39.3. The van der Waals surface area contributed by atoms with Gasteiger partial charge in [-0.3, -0.25) is 4.79 Å². The molecular weight excluding hydrogens is 189 g/mol. The van der Waals surface area contributed by atoms with Gasteiger partial charge < -0.3 is 4.74 Å². The van der Waals surface area contributed by atoms with Crippen molar-refractivity contribution in [3.05, 3.63) is 0 Å². The van der Waals surface area contributed by atoms with Gasteiger partial charge in [0.15, 0.2) is 6.10 Å². The topological polar surface area (TPSA) is 43.4 Å². The molecule has 0 aromatic carbocycles. The second-order valence-corrected chi connectivity index (χ2v) is 2.34. The van der Waals surface area contributed by atoms with E-state index in [0.29, 0.717) is 6.42 Å². The Morgan fingerprint density at radius 2 is 2.08 bits per heavy atom. The molecule has 0 heterocycles. The number of rotatable bonds is 5. The van der Waals surface area contributed by atoms with Crippen molar-refractivity contribution >= 4 is 12.3 Å². The minimum absolute atomic E-state index is 0.145. The van der Waals surface area contributed by atoms with Crippen molar-refractivity contribution in [3.8, 4) is 0 Å². The number of Topliss-reactive ketones (excluding diaryl/α,β-unsaturated/α-hetero) is 1. The molecule has 0 aliphatic rings. The van der Waals surface area contributed by atoms with E-state index in [2.05, 4.69) is 4.74 Å². The van der Waals surface area contributed by atoms with Gasteiger partial charge in [-0.1, -0.05) is 13.3 Å². The van der Waals surface area contributed by atoms with Gasteiger partial charge in [-0.2, -0.15) is 13.2 Å². The fraction of sp³-hybridized carbons (Fsp3) is 0.714. The van der Waals surface area contributed by atoms with E-state index in [1.54, 1.807) is 6.92 Å². The number of hydrogen-bond acceptors (Lipinski definition) is 3. The van der Waals surface area contributed by atoms with Gasteiger partial charge in [-0.15, -0.1) is 0 Å². The van der Waals surface area contributed by atoms with Crippen molar-refractivity contribution in [2.45, 2.75) is 32.0 Å². The van der Waals surface area contributed by atoms with Crippen LogP contribution in [0.4, 0.5) is 13.2 Å². The van der Waals surface area contributed by atoms with Crippen LogP contribution < -0.4 is 0 Å². The number of ketones is 1. The second kappa shape index (κ2) is 4.84. The van der Waals surface area contributed by atoms with Crippen molar-refractivity contribution in [3.63, 3.8) is 0 Å². The van der Waals surface area contributed by atoms with E-state index >= 15 is 0 Å². The Labute approximate surface area is 72.9 Å². The van der Waals surface area contributed by atoms with E-state index in [0.717, 1.165) is 6.47 Å². The lowest BCUT2D eigenvalue weighted by atomic mass is 10.1. The normalized spacial score (nSPS) is 13.5. The van der Waals surface area contributed by atoms with Gasteiger partial charge in [0.1, 0.15) is 0 Å². The highest BCUT2D eigenvalue weighted by Crippen LogP contribution is 2.21. The van der Waals surface area contributed by atoms with Crippen molar-refractivity contribution < 1.29 is 27.5 Å². The SMILES string of the molecule is CCCC(O[C]=O)C(=O)C(F)(F)F. The van der Waals surface area contributed by atoms with Crippen LogP contribution in [-0.4, -0.2) is 24.5 Å². The molecule has 0 fully saturated rings. The van der Waals surface area contributed by atoms with E-state index in [1.807, 2.05) is 0 Å². The predicted octanol–water partition coefficient (Wildman–Crippen LogP) is 1.37. The van der Waals surface area contributed by atoms with Crippen LogP contribution in [0.1, 0.15) is 19.8 Å². The summed E-state index contributed by atoms with van der Waals surface area (Å²) in [6.07, 6.45) is -6.54. The molecule has 0 saturated heterocycles. The molecule has 0 bridgehead atoms. The zero-order valence-electron chi connectivity index (χ0n) is 6.85. The zero-order chi connectivity index (χ0) is 10.5. The van der Waals surface area contributed by atoms with Crippen LogP contribution in [0.25, 0.3) is 0 Å². The number of halogens is 3. The number of alkyl halides is 3. The van der Waals surface area contributed by atoms with Crippen LogP contribution in [0, 0.1) is 0 Å². The summed E-state index contributed by atoms with van der Waals surface area (Å²) in [5, 5.41) is 0. The van der Waals surface area contributed by atoms with Crippen molar-refractivity contribution in [1.29, 1.82) is 0 Å². The Bertz CT molecular complexity index is 188. The largest absolute Gasteiger partial charge is 0.453 e. The van der Waals surface area contributed by atoms with Crippen molar-refractivity contribution in [2.75, 3.05) is 0 Å². The first-order valence-electron chi connectivity index (χ1n) is 3.57. The maximum Gasteiger partial charge on any atom is 0.453 e. The van der Waals surface area contributed by atoms with E-state index in [4.69, 9.17) is 0 Å². The molecule has 0 aliphatic heterocycles. The Morgan fingerprint density at radius 1 is 1.54 bits per heavy atom. The average Bonchev–Trinajstić information content (AvgIpc) is 2.01. The molecule has 3 nitrogen and oxygen atoms in total. The van der Waals surface area contributed by atoms with Gasteiger partial charge >= 0.3 is 12.6 Å². The number of carbonyl (C=O) groups is 1. The fourth-order valence-corrected chi connectivity index (χ4v) is 0.746. The number of ether oxygens (including phenoxy) is 1. The number of hydrogen-bond donors (Lipinski definition) is 0. The summed E-state index contributed by atoms with van der Waals surface area (Å²) in [4.78, 5) is 20.2. The molecule has 1 atom stereocenters. The van der Waals surface area contributed by atoms with E-state index in [9.17, 15) is 22.8 Å². The smallest absolute Gasteiger partial charge is 0.446 e. The van der Waals surface area contributed by atoms with Gasteiger partial charge in [-0.05, 0) is 6.42 Å². The maximum absolute atomic E-state index is 11.8. The van der Waals surface area contributed by atoms with Crippen molar-refractivity contribution in [1.82, 2.24) is 0 Å². The molecular formula is C7H8F3O3. The predicted molar refractivity (Wildman–Crippen MR) is 36.5 cm³/mol. The Kier molecular flexibility index (Phi) is 4.44. The average molecular weight is 197 g/mol. The van der Waals surface area contributed by atoms with Crippen LogP contribution >= 0.6 is 0 Å². The molecule has 1 unspecified atom stereocenters. The minimum atomic E-state index is -4.96. The van der Waals surface area contributed by atoms with Gasteiger partial charge in [-0.25, -0.2) is 4.79 Å². The van der Waals surface area contributed by atoms with Crippen LogP contribution in [0.2, 0.25) is 0 Å². The monoisotopic (exact) mass is 197 g/mol. The molecule has 0 N–H and O–H groups in total. The summed E-state index contributed by atoms with van der Waals surface area (Å²) in [5.41, 5.74) is 0. The van der Waals surface area contributed by atoms with Gasteiger partial charge in [0.2, 0.25) is 0 Å². The van der Waals surface area contributed by atoms with Crippen LogP contribution in [0.3, 0.4) is 0 Å². The lowest BCUT2D eigenvalue weighted by Gasteiger charge is -2.13. The maximum atomic E-state index is 11.8. The third kappa shape index (κ3) is 3.91. The van der Waals surface area contributed by atoms with Crippen LogP contribution in [0.5, 0.6) is 0 Å². The van der Waals surface area contributed by atoms with Crippen LogP contribution in [-0.2, 0) is 14.3 Å². The highest BCUT2D eigenvalue weighted by atomic mass is 19.4. The lowest BCUT2D eigenvalue weighted by molar-refractivity contribution is -0.179. The molecule has 13 heavy (non-hydrogen) atoms. The summed E-state index contributed by atoms with van der Waals surface area (Å²) in [5.74, 6) is -2.04. The summed E-state index contributed by atoms with van der Waals surface area (Å²) in [6.45, 7) is 2.41. The molecule has 75 valence electrons. The Morgan fingerprint density at radius 3 is 2.38 bits per heavy atom. The Hall–Kier alpha value is -1.07. The lowest BCUT2D eigenvalue weighted by Crippen LogP contribution is -2.36. The highest BCUT2D eigenvalue weighted by Gasteiger charge is 2.44. The van der Waals surface area contributed by atoms with Gasteiger partial charge in [0.25, 0.3) is 5.78 Å². The van der Waals surface area contributed by atoms with Gasteiger partial charge in [0, 0.05) is 0 Å².